The molecule has 0 aliphatic carbocycles. The minimum Gasteiger partial charge on any atom is -0.379 e. The van der Waals surface area contributed by atoms with Gasteiger partial charge < -0.3 is 5.32 Å². The first-order valence-electron chi connectivity index (χ1n) is 6.91. The molecule has 21 heavy (non-hydrogen) atoms. The molecule has 4 heteroatoms. The van der Waals surface area contributed by atoms with E-state index in [0.717, 1.165) is 5.69 Å². The summed E-state index contributed by atoms with van der Waals surface area (Å²) in [4.78, 5) is 0.340. The zero-order valence-electron chi connectivity index (χ0n) is 12.8. The average molecular weight is 303 g/mol. The Kier molecular flexibility index (Phi) is 4.37. The second-order valence-corrected chi connectivity index (χ2v) is 7.52. The van der Waals surface area contributed by atoms with E-state index in [0.29, 0.717) is 4.90 Å². The average Bonchev–Trinajstić information content (AvgIpc) is 2.41. The monoisotopic (exact) mass is 303 g/mol. The summed E-state index contributed by atoms with van der Waals surface area (Å²) in [6.45, 7) is 6.29. The molecule has 0 fully saturated rings. The minimum absolute atomic E-state index is 0.161. The van der Waals surface area contributed by atoms with Gasteiger partial charge in [0.15, 0.2) is 9.84 Å². The van der Waals surface area contributed by atoms with Gasteiger partial charge in [-0.15, -0.1) is 0 Å². The molecule has 0 radical (unpaired) electrons. The molecule has 0 saturated carbocycles. The lowest BCUT2D eigenvalue weighted by Crippen LogP contribution is -2.07. The molecule has 2 rings (SSSR count). The number of aryl methyl sites for hydroxylation is 2. The fourth-order valence-electron chi connectivity index (χ4n) is 2.17. The Morgan fingerprint density at radius 1 is 0.952 bits per heavy atom. The number of anilines is 1. The molecule has 0 amide bonds. The Labute approximate surface area is 126 Å². The number of hydrogen-bond acceptors (Lipinski definition) is 3. The van der Waals surface area contributed by atoms with Crippen LogP contribution in [-0.4, -0.2) is 14.7 Å². The largest absolute Gasteiger partial charge is 0.379 e. The topological polar surface area (TPSA) is 46.2 Å². The lowest BCUT2D eigenvalue weighted by atomic mass is 10.0. The zero-order chi connectivity index (χ0) is 15.6. The fourth-order valence-corrected chi connectivity index (χ4v) is 2.80. The molecular formula is C17H21NO2S. The highest BCUT2D eigenvalue weighted by Crippen LogP contribution is 2.22. The molecule has 0 saturated heterocycles. The van der Waals surface area contributed by atoms with Gasteiger partial charge in [0.1, 0.15) is 0 Å². The third-order valence-corrected chi connectivity index (χ3v) is 4.83. The van der Waals surface area contributed by atoms with Gasteiger partial charge in [-0.3, -0.25) is 0 Å². The SMILES string of the molecule is Cc1ccc(C(C)Nc2ccc(S(C)(=O)=O)cc2)cc1C. The predicted octanol–water partition coefficient (Wildman–Crippen LogP) is 3.88. The van der Waals surface area contributed by atoms with Gasteiger partial charge in [-0.25, -0.2) is 8.42 Å². The fraction of sp³-hybridized carbons (Fsp3) is 0.294. The van der Waals surface area contributed by atoms with E-state index in [4.69, 9.17) is 0 Å². The smallest absolute Gasteiger partial charge is 0.175 e. The summed E-state index contributed by atoms with van der Waals surface area (Å²) in [5, 5.41) is 3.39. The van der Waals surface area contributed by atoms with Crippen molar-refractivity contribution in [1.82, 2.24) is 0 Å². The second kappa shape index (κ2) is 5.90. The van der Waals surface area contributed by atoms with Gasteiger partial charge in [0, 0.05) is 18.0 Å². The van der Waals surface area contributed by atoms with E-state index in [2.05, 4.69) is 44.3 Å². The summed E-state index contributed by atoms with van der Waals surface area (Å²) in [5.41, 5.74) is 4.68. The van der Waals surface area contributed by atoms with Gasteiger partial charge in [0.2, 0.25) is 0 Å². The van der Waals surface area contributed by atoms with E-state index in [-0.39, 0.29) is 6.04 Å². The first kappa shape index (κ1) is 15.6. The van der Waals surface area contributed by atoms with Crippen molar-refractivity contribution in [3.63, 3.8) is 0 Å². The van der Waals surface area contributed by atoms with E-state index in [1.807, 2.05) is 0 Å². The molecule has 0 spiro atoms. The highest BCUT2D eigenvalue weighted by Gasteiger charge is 2.09. The van der Waals surface area contributed by atoms with Crippen molar-refractivity contribution in [3.8, 4) is 0 Å². The summed E-state index contributed by atoms with van der Waals surface area (Å²) in [6.07, 6.45) is 1.22. The Morgan fingerprint density at radius 2 is 1.57 bits per heavy atom. The van der Waals surface area contributed by atoms with Gasteiger partial charge in [0.25, 0.3) is 0 Å². The van der Waals surface area contributed by atoms with E-state index in [1.165, 1.54) is 22.9 Å². The van der Waals surface area contributed by atoms with E-state index in [9.17, 15) is 8.42 Å². The van der Waals surface area contributed by atoms with Crippen molar-refractivity contribution >= 4 is 15.5 Å². The third kappa shape index (κ3) is 3.85. The Bertz CT molecular complexity index is 734. The van der Waals surface area contributed by atoms with Crippen LogP contribution in [-0.2, 0) is 9.84 Å². The molecule has 1 N–H and O–H groups in total. The van der Waals surface area contributed by atoms with Crippen molar-refractivity contribution in [2.45, 2.75) is 31.7 Å². The van der Waals surface area contributed by atoms with Crippen molar-refractivity contribution in [2.75, 3.05) is 11.6 Å². The van der Waals surface area contributed by atoms with Crippen molar-refractivity contribution in [1.29, 1.82) is 0 Å². The maximum atomic E-state index is 11.4. The number of nitrogens with one attached hydrogen (secondary N) is 1. The minimum atomic E-state index is -3.14. The summed E-state index contributed by atoms with van der Waals surface area (Å²) in [6, 6.07) is 13.4. The van der Waals surface area contributed by atoms with Crippen molar-refractivity contribution < 1.29 is 8.42 Å². The molecule has 2 aromatic carbocycles. The Balaban J connectivity index is 2.15. The first-order valence-corrected chi connectivity index (χ1v) is 8.80. The highest BCUT2D eigenvalue weighted by molar-refractivity contribution is 7.90. The van der Waals surface area contributed by atoms with E-state index < -0.39 is 9.84 Å². The molecule has 0 aliphatic heterocycles. The molecule has 3 nitrogen and oxygen atoms in total. The zero-order valence-corrected chi connectivity index (χ0v) is 13.7. The van der Waals surface area contributed by atoms with Crippen LogP contribution in [0.1, 0.15) is 29.7 Å². The van der Waals surface area contributed by atoms with E-state index >= 15 is 0 Å². The molecule has 0 aromatic heterocycles. The van der Waals surface area contributed by atoms with Crippen LogP contribution in [0.5, 0.6) is 0 Å². The van der Waals surface area contributed by atoms with Crippen LogP contribution < -0.4 is 5.32 Å². The Hall–Kier alpha value is -1.81. The molecule has 0 bridgehead atoms. The van der Waals surface area contributed by atoms with Gasteiger partial charge in [0.05, 0.1) is 4.90 Å². The normalized spacial score (nSPS) is 13.0. The van der Waals surface area contributed by atoms with Crippen LogP contribution in [0.3, 0.4) is 0 Å². The van der Waals surface area contributed by atoms with Crippen molar-refractivity contribution in [3.05, 3.63) is 59.2 Å². The number of hydrogen-bond donors (Lipinski definition) is 1. The molecule has 1 atom stereocenters. The number of rotatable bonds is 4. The van der Waals surface area contributed by atoms with Crippen LogP contribution in [0, 0.1) is 13.8 Å². The van der Waals surface area contributed by atoms with Gasteiger partial charge in [-0.2, -0.15) is 0 Å². The molecule has 0 aliphatic rings. The number of benzene rings is 2. The standard InChI is InChI=1S/C17H21NO2S/c1-12-5-6-15(11-13(12)2)14(3)18-16-7-9-17(10-8-16)21(4,19)20/h5-11,14,18H,1-4H3. The van der Waals surface area contributed by atoms with E-state index in [1.54, 1.807) is 24.3 Å². The number of sulfone groups is 1. The highest BCUT2D eigenvalue weighted by atomic mass is 32.2. The Morgan fingerprint density at radius 3 is 2.10 bits per heavy atom. The van der Waals surface area contributed by atoms with Crippen LogP contribution in [0.4, 0.5) is 5.69 Å². The summed E-state index contributed by atoms with van der Waals surface area (Å²) >= 11 is 0. The molecule has 1 unspecified atom stereocenters. The summed E-state index contributed by atoms with van der Waals surface area (Å²) in [7, 11) is -3.14. The van der Waals surface area contributed by atoms with Crippen LogP contribution in [0.2, 0.25) is 0 Å². The van der Waals surface area contributed by atoms with Crippen molar-refractivity contribution in [2.24, 2.45) is 0 Å². The molecule has 112 valence electrons. The maximum absolute atomic E-state index is 11.4. The second-order valence-electron chi connectivity index (χ2n) is 5.51. The van der Waals surface area contributed by atoms with Crippen LogP contribution >= 0.6 is 0 Å². The molecule has 0 heterocycles. The van der Waals surface area contributed by atoms with Crippen LogP contribution in [0.25, 0.3) is 0 Å². The predicted molar refractivity (Wildman–Crippen MR) is 87.5 cm³/mol. The van der Waals surface area contributed by atoms with Crippen LogP contribution in [0.15, 0.2) is 47.4 Å². The summed E-state index contributed by atoms with van der Waals surface area (Å²) < 4.78 is 22.9. The van der Waals surface area contributed by atoms with Gasteiger partial charge in [-0.1, -0.05) is 18.2 Å². The molecular weight excluding hydrogens is 282 g/mol. The third-order valence-electron chi connectivity index (χ3n) is 3.70. The lowest BCUT2D eigenvalue weighted by Gasteiger charge is -2.17. The lowest BCUT2D eigenvalue weighted by molar-refractivity contribution is 0.602. The van der Waals surface area contributed by atoms with Gasteiger partial charge >= 0.3 is 0 Å². The molecule has 2 aromatic rings. The quantitative estimate of drug-likeness (QED) is 0.932. The van der Waals surface area contributed by atoms with Gasteiger partial charge in [-0.05, 0) is 61.7 Å². The summed E-state index contributed by atoms with van der Waals surface area (Å²) in [5.74, 6) is 0. The maximum Gasteiger partial charge on any atom is 0.175 e. The first-order chi connectivity index (χ1) is 9.77.